The van der Waals surface area contributed by atoms with Gasteiger partial charge in [-0.25, -0.2) is 4.39 Å². The average molecular weight is 290 g/mol. The van der Waals surface area contributed by atoms with Crippen molar-refractivity contribution in [1.82, 2.24) is 4.98 Å². The molecule has 0 fully saturated rings. The number of anilines is 1. The zero-order valence-electron chi connectivity index (χ0n) is 11.9. The number of hydrogen-bond acceptors (Lipinski definition) is 4. The van der Waals surface area contributed by atoms with Crippen molar-refractivity contribution in [1.29, 1.82) is 0 Å². The molecule has 1 aromatic heterocycles. The lowest BCUT2D eigenvalue weighted by molar-refractivity contribution is 0.102. The van der Waals surface area contributed by atoms with E-state index in [4.69, 9.17) is 9.47 Å². The molecule has 0 bridgehead atoms. The number of hydrogen-bond donors (Lipinski definition) is 1. The third kappa shape index (κ3) is 3.10. The standard InChI is InChI=1S/C15H15FN2O3/c1-9-6-13(20-2)14(21-3)7-12(9)18-15(19)10-4-5-17-8-11(10)16/h4-8H,1-3H3,(H,18,19). The van der Waals surface area contributed by atoms with Gasteiger partial charge in [-0.15, -0.1) is 0 Å². The molecule has 1 aromatic carbocycles. The van der Waals surface area contributed by atoms with Gasteiger partial charge in [-0.05, 0) is 24.6 Å². The maximum atomic E-state index is 13.5. The minimum absolute atomic E-state index is 0.0702. The van der Waals surface area contributed by atoms with Crippen LogP contribution in [0.3, 0.4) is 0 Å². The summed E-state index contributed by atoms with van der Waals surface area (Å²) < 4.78 is 23.9. The zero-order chi connectivity index (χ0) is 15.4. The normalized spacial score (nSPS) is 10.1. The summed E-state index contributed by atoms with van der Waals surface area (Å²) in [7, 11) is 3.03. The first-order valence-electron chi connectivity index (χ1n) is 6.20. The quantitative estimate of drug-likeness (QED) is 0.940. The third-order valence-corrected chi connectivity index (χ3v) is 3.00. The van der Waals surface area contributed by atoms with Crippen LogP contribution in [-0.2, 0) is 0 Å². The lowest BCUT2D eigenvalue weighted by atomic mass is 10.1. The second-order valence-corrected chi connectivity index (χ2v) is 4.33. The Morgan fingerprint density at radius 2 is 1.90 bits per heavy atom. The van der Waals surface area contributed by atoms with E-state index in [1.807, 2.05) is 0 Å². The van der Waals surface area contributed by atoms with Crippen LogP contribution in [0.25, 0.3) is 0 Å². The van der Waals surface area contributed by atoms with Gasteiger partial charge < -0.3 is 14.8 Å². The van der Waals surface area contributed by atoms with Crippen LogP contribution in [-0.4, -0.2) is 25.1 Å². The van der Waals surface area contributed by atoms with Gasteiger partial charge in [0.05, 0.1) is 26.0 Å². The van der Waals surface area contributed by atoms with Gasteiger partial charge in [-0.1, -0.05) is 0 Å². The lowest BCUT2D eigenvalue weighted by Crippen LogP contribution is -2.14. The van der Waals surface area contributed by atoms with Crippen molar-refractivity contribution in [2.24, 2.45) is 0 Å². The smallest absolute Gasteiger partial charge is 0.258 e. The first-order valence-corrected chi connectivity index (χ1v) is 6.20. The molecule has 2 rings (SSSR count). The van der Waals surface area contributed by atoms with Crippen LogP contribution in [0.2, 0.25) is 0 Å². The number of rotatable bonds is 4. The van der Waals surface area contributed by atoms with Gasteiger partial charge in [0.15, 0.2) is 17.3 Å². The van der Waals surface area contributed by atoms with Crippen molar-refractivity contribution in [3.63, 3.8) is 0 Å². The van der Waals surface area contributed by atoms with E-state index in [0.29, 0.717) is 17.2 Å². The fourth-order valence-electron chi connectivity index (χ4n) is 1.86. The maximum Gasteiger partial charge on any atom is 0.258 e. The number of aryl methyl sites for hydroxylation is 1. The molecule has 0 unspecified atom stereocenters. The summed E-state index contributed by atoms with van der Waals surface area (Å²) in [5.41, 5.74) is 1.23. The molecule has 1 heterocycles. The van der Waals surface area contributed by atoms with Crippen molar-refractivity contribution < 1.29 is 18.7 Å². The van der Waals surface area contributed by atoms with Crippen molar-refractivity contribution >= 4 is 11.6 Å². The highest BCUT2D eigenvalue weighted by atomic mass is 19.1. The summed E-state index contributed by atoms with van der Waals surface area (Å²) in [6.45, 7) is 1.81. The van der Waals surface area contributed by atoms with Crippen LogP contribution >= 0.6 is 0 Å². The predicted octanol–water partition coefficient (Wildman–Crippen LogP) is 2.80. The van der Waals surface area contributed by atoms with Crippen LogP contribution < -0.4 is 14.8 Å². The van der Waals surface area contributed by atoms with E-state index in [-0.39, 0.29) is 5.56 Å². The molecule has 5 nitrogen and oxygen atoms in total. The number of nitrogens with one attached hydrogen (secondary N) is 1. The summed E-state index contributed by atoms with van der Waals surface area (Å²) >= 11 is 0. The highest BCUT2D eigenvalue weighted by Gasteiger charge is 2.14. The largest absolute Gasteiger partial charge is 0.493 e. The van der Waals surface area contributed by atoms with Gasteiger partial charge >= 0.3 is 0 Å². The SMILES string of the molecule is COc1cc(C)c(NC(=O)c2ccncc2F)cc1OC. The monoisotopic (exact) mass is 290 g/mol. The number of carbonyl (C=O) groups excluding carboxylic acids is 1. The van der Waals surface area contributed by atoms with Crippen LogP contribution in [0.1, 0.15) is 15.9 Å². The Labute approximate surface area is 121 Å². The number of aromatic nitrogens is 1. The molecule has 1 N–H and O–H groups in total. The number of carbonyl (C=O) groups is 1. The number of pyridine rings is 1. The minimum Gasteiger partial charge on any atom is -0.493 e. The molecule has 6 heteroatoms. The summed E-state index contributed by atoms with van der Waals surface area (Å²) in [5.74, 6) is -0.185. The summed E-state index contributed by atoms with van der Waals surface area (Å²) in [4.78, 5) is 15.7. The fourth-order valence-corrected chi connectivity index (χ4v) is 1.86. The summed E-state index contributed by atoms with van der Waals surface area (Å²) in [5, 5.41) is 2.65. The van der Waals surface area contributed by atoms with Crippen LogP contribution in [0, 0.1) is 12.7 Å². The second kappa shape index (κ2) is 6.21. The number of amides is 1. The number of benzene rings is 1. The molecule has 0 saturated heterocycles. The molecular weight excluding hydrogens is 275 g/mol. The van der Waals surface area contributed by atoms with E-state index < -0.39 is 11.7 Å². The molecule has 110 valence electrons. The summed E-state index contributed by atoms with van der Waals surface area (Å²) in [6.07, 6.45) is 2.36. The van der Waals surface area contributed by atoms with Crippen LogP contribution in [0.5, 0.6) is 11.5 Å². The molecule has 21 heavy (non-hydrogen) atoms. The molecule has 0 aliphatic rings. The van der Waals surface area contributed by atoms with Gasteiger partial charge in [0.1, 0.15) is 0 Å². The Balaban J connectivity index is 2.31. The summed E-state index contributed by atoms with van der Waals surface area (Å²) in [6, 6.07) is 4.68. The Kier molecular flexibility index (Phi) is 4.37. The van der Waals surface area contributed by atoms with E-state index in [2.05, 4.69) is 10.3 Å². The van der Waals surface area contributed by atoms with Crippen molar-refractivity contribution in [3.05, 3.63) is 47.5 Å². The molecule has 0 aliphatic heterocycles. The number of ether oxygens (including phenoxy) is 2. The molecular formula is C15H15FN2O3. The third-order valence-electron chi connectivity index (χ3n) is 3.00. The van der Waals surface area contributed by atoms with Gasteiger partial charge in [0, 0.05) is 18.0 Å². The van der Waals surface area contributed by atoms with E-state index in [9.17, 15) is 9.18 Å². The van der Waals surface area contributed by atoms with E-state index >= 15 is 0 Å². The van der Waals surface area contributed by atoms with E-state index in [1.54, 1.807) is 19.1 Å². The Morgan fingerprint density at radius 3 is 2.52 bits per heavy atom. The minimum atomic E-state index is -0.673. The van der Waals surface area contributed by atoms with Gasteiger partial charge in [-0.3, -0.25) is 9.78 Å². The predicted molar refractivity (Wildman–Crippen MR) is 76.4 cm³/mol. The first kappa shape index (κ1) is 14.8. The Hall–Kier alpha value is -2.63. The Morgan fingerprint density at radius 1 is 1.24 bits per heavy atom. The molecule has 0 atom stereocenters. The van der Waals surface area contributed by atoms with Crippen molar-refractivity contribution in [2.75, 3.05) is 19.5 Å². The van der Waals surface area contributed by atoms with Gasteiger partial charge in [-0.2, -0.15) is 0 Å². The van der Waals surface area contributed by atoms with Gasteiger partial charge in [0.25, 0.3) is 5.91 Å². The fraction of sp³-hybridized carbons (Fsp3) is 0.200. The van der Waals surface area contributed by atoms with E-state index in [0.717, 1.165) is 11.8 Å². The number of nitrogens with zero attached hydrogens (tertiary/aromatic N) is 1. The molecule has 0 aliphatic carbocycles. The molecule has 0 spiro atoms. The molecule has 2 aromatic rings. The number of halogens is 1. The highest BCUT2D eigenvalue weighted by Crippen LogP contribution is 2.33. The van der Waals surface area contributed by atoms with Crippen LogP contribution in [0.4, 0.5) is 10.1 Å². The van der Waals surface area contributed by atoms with Crippen molar-refractivity contribution in [2.45, 2.75) is 6.92 Å². The topological polar surface area (TPSA) is 60.5 Å². The van der Waals surface area contributed by atoms with Gasteiger partial charge in [0.2, 0.25) is 0 Å². The lowest BCUT2D eigenvalue weighted by Gasteiger charge is -2.13. The first-order chi connectivity index (χ1) is 10.1. The Bertz CT molecular complexity index is 674. The zero-order valence-corrected chi connectivity index (χ0v) is 11.9. The van der Waals surface area contributed by atoms with Crippen molar-refractivity contribution in [3.8, 4) is 11.5 Å². The van der Waals surface area contributed by atoms with E-state index in [1.165, 1.54) is 26.5 Å². The molecule has 0 saturated carbocycles. The average Bonchev–Trinajstić information content (AvgIpc) is 2.49. The number of methoxy groups -OCH3 is 2. The van der Waals surface area contributed by atoms with Crippen LogP contribution in [0.15, 0.2) is 30.6 Å². The maximum absolute atomic E-state index is 13.5. The molecule has 1 amide bonds. The second-order valence-electron chi connectivity index (χ2n) is 4.33. The highest BCUT2D eigenvalue weighted by molar-refractivity contribution is 6.04. The molecule has 0 radical (unpaired) electrons.